The van der Waals surface area contributed by atoms with Crippen LogP contribution < -0.4 is 9.75 Å². The maximum absolute atomic E-state index is 5.55. The molecule has 0 radical (unpaired) electrons. The molecule has 38 heavy (non-hydrogen) atoms. The average Bonchev–Trinajstić information content (AvgIpc) is 3.47. The molecule has 7 rings (SSSR count). The van der Waals surface area contributed by atoms with Crippen LogP contribution in [0.25, 0.3) is 0 Å². The molecule has 4 fully saturated rings. The van der Waals surface area contributed by atoms with Gasteiger partial charge in [-0.3, -0.25) is 5.01 Å². The summed E-state index contributed by atoms with van der Waals surface area (Å²) in [5.74, 6) is 4.83. The van der Waals surface area contributed by atoms with Gasteiger partial charge in [-0.25, -0.2) is 0 Å². The van der Waals surface area contributed by atoms with E-state index in [0.29, 0.717) is 11.3 Å². The Labute approximate surface area is 229 Å². The molecule has 4 aliphatic carbocycles. The zero-order valence-electron chi connectivity index (χ0n) is 23.7. The Kier molecular flexibility index (Phi) is 5.80. The molecular formula is C35H44N2O. The molecule has 0 bridgehead atoms. The SMILES string of the molecule is C/C=C1\CC[C@@]2(C)[C@@H](CC[C@@H]3[C@@H]2CC[C@]2(C)C4=NN(c5ccccc5)[C@H](c5ccc(OC)cc5)[C@H]4C[C@@H]32)C1. The van der Waals surface area contributed by atoms with Gasteiger partial charge in [-0.05, 0) is 117 Å². The quantitative estimate of drug-likeness (QED) is 0.387. The molecule has 2 aromatic rings. The molecule has 2 aromatic carbocycles. The van der Waals surface area contributed by atoms with Gasteiger partial charge in [0.05, 0.1) is 24.6 Å². The number of allylic oxidation sites excluding steroid dienone is 2. The van der Waals surface area contributed by atoms with E-state index in [1.807, 2.05) is 0 Å². The molecule has 200 valence electrons. The number of hydrogen-bond acceptors (Lipinski definition) is 3. The van der Waals surface area contributed by atoms with Crippen LogP contribution in [0.3, 0.4) is 0 Å². The monoisotopic (exact) mass is 508 g/mol. The van der Waals surface area contributed by atoms with Crippen molar-refractivity contribution in [1.82, 2.24) is 0 Å². The highest BCUT2D eigenvalue weighted by Crippen LogP contribution is 2.68. The molecule has 1 aliphatic heterocycles. The number of ether oxygens (including phenoxy) is 1. The Hall–Kier alpha value is -2.55. The Balaban J connectivity index is 1.25. The summed E-state index contributed by atoms with van der Waals surface area (Å²) < 4.78 is 5.50. The molecule has 0 aromatic heterocycles. The standard InChI is InChI=1S/C35H44N2O/c1-5-23-17-19-34(2)25(21-23)13-16-28-30(34)18-20-35(3)31(28)22-29-32(24-11-14-27(38-4)15-12-24)37(36-33(29)35)26-9-7-6-8-10-26/h5-12,14-15,25,28-32H,13,16-22H2,1-4H3/b23-5+/t25-,28+,29+,30-,31-,32+,34-,35-/m0/s1. The summed E-state index contributed by atoms with van der Waals surface area (Å²) in [6.07, 6.45) is 13.4. The summed E-state index contributed by atoms with van der Waals surface area (Å²) in [5, 5.41) is 7.90. The molecule has 3 nitrogen and oxygen atoms in total. The van der Waals surface area contributed by atoms with Crippen molar-refractivity contribution < 1.29 is 4.74 Å². The Morgan fingerprint density at radius 2 is 1.74 bits per heavy atom. The molecule has 0 unspecified atom stereocenters. The summed E-state index contributed by atoms with van der Waals surface area (Å²) in [6, 6.07) is 19.9. The number of nitrogens with zero attached hydrogens (tertiary/aromatic N) is 2. The Bertz CT molecular complexity index is 1250. The highest BCUT2D eigenvalue weighted by Gasteiger charge is 2.64. The lowest BCUT2D eigenvalue weighted by molar-refractivity contribution is -0.0875. The fraction of sp³-hybridized carbons (Fsp3) is 0.571. The van der Waals surface area contributed by atoms with Gasteiger partial charge >= 0.3 is 0 Å². The molecule has 3 heteroatoms. The number of hydrazone groups is 1. The van der Waals surface area contributed by atoms with Gasteiger partial charge in [0.2, 0.25) is 0 Å². The molecule has 4 saturated carbocycles. The number of anilines is 1. The number of benzene rings is 2. The second-order valence-electron chi connectivity index (χ2n) is 13.5. The highest BCUT2D eigenvalue weighted by molar-refractivity contribution is 5.98. The minimum Gasteiger partial charge on any atom is -0.497 e. The molecule has 1 heterocycles. The van der Waals surface area contributed by atoms with E-state index in [-0.39, 0.29) is 11.5 Å². The molecule has 0 spiro atoms. The summed E-state index contributed by atoms with van der Waals surface area (Å²) in [4.78, 5) is 0. The first-order chi connectivity index (χ1) is 18.5. The molecule has 5 aliphatic rings. The van der Waals surface area contributed by atoms with Crippen LogP contribution in [-0.4, -0.2) is 12.8 Å². The van der Waals surface area contributed by atoms with E-state index in [1.54, 1.807) is 12.7 Å². The van der Waals surface area contributed by atoms with Crippen LogP contribution >= 0.6 is 0 Å². The van der Waals surface area contributed by atoms with E-state index in [4.69, 9.17) is 9.84 Å². The van der Waals surface area contributed by atoms with Crippen molar-refractivity contribution in [3.8, 4) is 5.75 Å². The predicted molar refractivity (Wildman–Crippen MR) is 156 cm³/mol. The van der Waals surface area contributed by atoms with Gasteiger partial charge in [0, 0.05) is 11.3 Å². The summed E-state index contributed by atoms with van der Waals surface area (Å²) >= 11 is 0. The zero-order valence-corrected chi connectivity index (χ0v) is 23.7. The molecular weight excluding hydrogens is 464 g/mol. The van der Waals surface area contributed by atoms with Gasteiger partial charge in [0.25, 0.3) is 0 Å². The van der Waals surface area contributed by atoms with Gasteiger partial charge in [0.15, 0.2) is 0 Å². The smallest absolute Gasteiger partial charge is 0.118 e. The first-order valence-corrected chi connectivity index (χ1v) is 15.2. The van der Waals surface area contributed by atoms with Crippen LogP contribution in [0.2, 0.25) is 0 Å². The molecule has 0 amide bonds. The van der Waals surface area contributed by atoms with E-state index in [0.717, 1.165) is 29.4 Å². The van der Waals surface area contributed by atoms with Crippen molar-refractivity contribution in [1.29, 1.82) is 0 Å². The topological polar surface area (TPSA) is 24.8 Å². The summed E-state index contributed by atoms with van der Waals surface area (Å²) in [5.41, 5.74) is 6.55. The van der Waals surface area contributed by atoms with Gasteiger partial charge < -0.3 is 4.74 Å². The van der Waals surface area contributed by atoms with Crippen LogP contribution in [0.4, 0.5) is 5.69 Å². The van der Waals surface area contributed by atoms with Gasteiger partial charge in [-0.1, -0.05) is 55.8 Å². The van der Waals surface area contributed by atoms with E-state index in [1.165, 1.54) is 68.3 Å². The second-order valence-corrected chi connectivity index (χ2v) is 13.5. The predicted octanol–water partition coefficient (Wildman–Crippen LogP) is 8.83. The maximum atomic E-state index is 5.55. The first kappa shape index (κ1) is 24.5. The normalized spacial score (nSPS) is 40.7. The third kappa shape index (κ3) is 3.49. The van der Waals surface area contributed by atoms with Crippen LogP contribution in [0.1, 0.15) is 83.7 Å². The lowest BCUT2D eigenvalue weighted by Gasteiger charge is -2.60. The lowest BCUT2D eigenvalue weighted by Crippen LogP contribution is -2.53. The number of hydrogen-bond donors (Lipinski definition) is 0. The lowest BCUT2D eigenvalue weighted by atomic mass is 9.45. The van der Waals surface area contributed by atoms with Crippen LogP contribution in [-0.2, 0) is 0 Å². The average molecular weight is 509 g/mol. The second kappa shape index (κ2) is 9.00. The number of para-hydroxylation sites is 1. The third-order valence-electron chi connectivity index (χ3n) is 12.1. The van der Waals surface area contributed by atoms with Crippen molar-refractivity contribution in [3.05, 3.63) is 71.8 Å². The van der Waals surface area contributed by atoms with Gasteiger partial charge in [-0.2, -0.15) is 5.10 Å². The van der Waals surface area contributed by atoms with Gasteiger partial charge in [-0.15, -0.1) is 0 Å². The fourth-order valence-corrected chi connectivity index (χ4v) is 10.0. The van der Waals surface area contributed by atoms with Crippen LogP contribution in [0.5, 0.6) is 5.75 Å². The largest absolute Gasteiger partial charge is 0.497 e. The summed E-state index contributed by atoms with van der Waals surface area (Å²) in [6.45, 7) is 7.54. The molecule has 8 atom stereocenters. The van der Waals surface area contributed by atoms with E-state index in [9.17, 15) is 0 Å². The van der Waals surface area contributed by atoms with E-state index < -0.39 is 0 Å². The highest BCUT2D eigenvalue weighted by atomic mass is 16.5. The van der Waals surface area contributed by atoms with E-state index >= 15 is 0 Å². The first-order valence-electron chi connectivity index (χ1n) is 15.2. The van der Waals surface area contributed by atoms with Crippen molar-refractivity contribution in [3.63, 3.8) is 0 Å². The van der Waals surface area contributed by atoms with Crippen molar-refractivity contribution in [2.75, 3.05) is 12.1 Å². The minimum absolute atomic E-state index is 0.229. The molecule has 0 saturated heterocycles. The molecule has 0 N–H and O–H groups in total. The van der Waals surface area contributed by atoms with Crippen LogP contribution in [0.15, 0.2) is 71.3 Å². The van der Waals surface area contributed by atoms with E-state index in [2.05, 4.69) is 86.5 Å². The maximum Gasteiger partial charge on any atom is 0.118 e. The van der Waals surface area contributed by atoms with Crippen molar-refractivity contribution in [2.24, 2.45) is 45.5 Å². The Morgan fingerprint density at radius 1 is 0.947 bits per heavy atom. The third-order valence-corrected chi connectivity index (χ3v) is 12.1. The van der Waals surface area contributed by atoms with Crippen molar-refractivity contribution in [2.45, 2.75) is 78.2 Å². The summed E-state index contributed by atoms with van der Waals surface area (Å²) in [7, 11) is 1.75. The fourth-order valence-electron chi connectivity index (χ4n) is 10.0. The Morgan fingerprint density at radius 3 is 2.47 bits per heavy atom. The number of methoxy groups -OCH3 is 1. The number of rotatable bonds is 3. The van der Waals surface area contributed by atoms with Crippen molar-refractivity contribution >= 4 is 11.4 Å². The number of fused-ring (bicyclic) bond motifs is 7. The minimum atomic E-state index is 0.229. The zero-order chi connectivity index (χ0) is 26.1. The van der Waals surface area contributed by atoms with Crippen LogP contribution in [0, 0.1) is 40.4 Å². The van der Waals surface area contributed by atoms with Gasteiger partial charge in [0.1, 0.15) is 5.75 Å².